The quantitative estimate of drug-likeness (QED) is 0.710. The van der Waals surface area contributed by atoms with Gasteiger partial charge < -0.3 is 20.1 Å². The van der Waals surface area contributed by atoms with E-state index in [0.717, 1.165) is 25.4 Å². The Bertz CT molecular complexity index is 836. The summed E-state index contributed by atoms with van der Waals surface area (Å²) in [6, 6.07) is 13.9. The van der Waals surface area contributed by atoms with Gasteiger partial charge in [-0.3, -0.25) is 14.5 Å². The highest BCUT2D eigenvalue weighted by atomic mass is 35.5. The number of hydrogen-bond donors (Lipinski definition) is 1. The SMILES string of the molecule is NC(=O)c1ccccc1OCC(=O)N1CCN(CCOc2ccc(Cl)cc2)CC1. The molecule has 1 saturated heterocycles. The number of ether oxygens (including phenoxy) is 2. The van der Waals surface area contributed by atoms with Crippen molar-refractivity contribution >= 4 is 23.4 Å². The minimum absolute atomic E-state index is 0.110. The molecular formula is C21H24ClN3O4. The molecule has 0 bridgehead atoms. The third kappa shape index (κ3) is 6.10. The van der Waals surface area contributed by atoms with Crippen LogP contribution in [0.2, 0.25) is 5.02 Å². The Morgan fingerprint density at radius 1 is 0.966 bits per heavy atom. The van der Waals surface area contributed by atoms with Crippen LogP contribution in [-0.4, -0.2) is 67.6 Å². The molecule has 0 spiro atoms. The normalized spacial score (nSPS) is 14.4. The van der Waals surface area contributed by atoms with Crippen molar-refractivity contribution in [3.8, 4) is 11.5 Å². The Balaban J connectivity index is 1.38. The second-order valence-corrected chi connectivity index (χ2v) is 7.11. The molecule has 0 atom stereocenters. The van der Waals surface area contributed by atoms with Crippen molar-refractivity contribution in [2.45, 2.75) is 0 Å². The van der Waals surface area contributed by atoms with Gasteiger partial charge in [0.25, 0.3) is 11.8 Å². The molecule has 0 unspecified atom stereocenters. The zero-order chi connectivity index (χ0) is 20.6. The molecule has 0 saturated carbocycles. The van der Waals surface area contributed by atoms with E-state index in [2.05, 4.69) is 4.90 Å². The van der Waals surface area contributed by atoms with Crippen LogP contribution in [0.25, 0.3) is 0 Å². The highest BCUT2D eigenvalue weighted by molar-refractivity contribution is 6.30. The van der Waals surface area contributed by atoms with E-state index >= 15 is 0 Å². The largest absolute Gasteiger partial charge is 0.492 e. The predicted molar refractivity (Wildman–Crippen MR) is 110 cm³/mol. The van der Waals surface area contributed by atoms with Gasteiger partial charge in [0.2, 0.25) is 0 Å². The minimum atomic E-state index is -0.581. The van der Waals surface area contributed by atoms with E-state index in [1.807, 2.05) is 12.1 Å². The Morgan fingerprint density at radius 3 is 2.34 bits per heavy atom. The first-order valence-corrected chi connectivity index (χ1v) is 9.81. The number of hydrogen-bond acceptors (Lipinski definition) is 5. The van der Waals surface area contributed by atoms with Gasteiger partial charge in [-0.15, -0.1) is 0 Å². The summed E-state index contributed by atoms with van der Waals surface area (Å²) in [5.74, 6) is 0.423. The smallest absolute Gasteiger partial charge is 0.260 e. The maximum Gasteiger partial charge on any atom is 0.260 e. The van der Waals surface area contributed by atoms with Gasteiger partial charge in [-0.25, -0.2) is 0 Å². The van der Waals surface area contributed by atoms with Crippen molar-refractivity contribution < 1.29 is 19.1 Å². The van der Waals surface area contributed by atoms with E-state index in [-0.39, 0.29) is 18.1 Å². The number of halogens is 1. The minimum Gasteiger partial charge on any atom is -0.492 e. The number of primary amides is 1. The zero-order valence-corrected chi connectivity index (χ0v) is 16.8. The fourth-order valence-corrected chi connectivity index (χ4v) is 3.20. The molecule has 8 heteroatoms. The second kappa shape index (κ2) is 10.1. The molecule has 0 aliphatic carbocycles. The number of para-hydroxylation sites is 1. The van der Waals surface area contributed by atoms with Gasteiger partial charge in [0.15, 0.2) is 6.61 Å². The van der Waals surface area contributed by atoms with Crippen LogP contribution in [-0.2, 0) is 4.79 Å². The summed E-state index contributed by atoms with van der Waals surface area (Å²) >= 11 is 5.86. The van der Waals surface area contributed by atoms with Crippen molar-refractivity contribution in [3.05, 3.63) is 59.1 Å². The van der Waals surface area contributed by atoms with Crippen LogP contribution in [0, 0.1) is 0 Å². The lowest BCUT2D eigenvalue weighted by Gasteiger charge is -2.34. The van der Waals surface area contributed by atoms with Crippen LogP contribution in [0.1, 0.15) is 10.4 Å². The second-order valence-electron chi connectivity index (χ2n) is 6.67. The first kappa shape index (κ1) is 21.0. The Morgan fingerprint density at radius 2 is 1.66 bits per heavy atom. The molecule has 7 nitrogen and oxygen atoms in total. The maximum atomic E-state index is 12.4. The molecule has 2 aromatic rings. The monoisotopic (exact) mass is 417 g/mol. The zero-order valence-electron chi connectivity index (χ0n) is 16.1. The summed E-state index contributed by atoms with van der Waals surface area (Å²) in [5.41, 5.74) is 5.60. The summed E-state index contributed by atoms with van der Waals surface area (Å²) in [6.07, 6.45) is 0. The van der Waals surface area contributed by atoms with Gasteiger partial charge in [0.05, 0.1) is 5.56 Å². The van der Waals surface area contributed by atoms with E-state index in [4.69, 9.17) is 26.8 Å². The molecule has 1 fully saturated rings. The maximum absolute atomic E-state index is 12.4. The number of nitrogens with zero attached hydrogens (tertiary/aromatic N) is 2. The Hall–Kier alpha value is -2.77. The lowest BCUT2D eigenvalue weighted by atomic mass is 10.2. The molecule has 2 amide bonds. The molecule has 0 aromatic heterocycles. The van der Waals surface area contributed by atoms with Crippen LogP contribution >= 0.6 is 11.6 Å². The number of nitrogens with two attached hydrogens (primary N) is 1. The molecule has 0 radical (unpaired) electrons. The van der Waals surface area contributed by atoms with Crippen molar-refractivity contribution in [2.75, 3.05) is 45.9 Å². The highest BCUT2D eigenvalue weighted by Gasteiger charge is 2.21. The molecule has 1 aliphatic rings. The van der Waals surface area contributed by atoms with Gasteiger partial charge >= 0.3 is 0 Å². The number of benzene rings is 2. The van der Waals surface area contributed by atoms with Crippen LogP contribution in [0.15, 0.2) is 48.5 Å². The number of piperazine rings is 1. The van der Waals surface area contributed by atoms with E-state index in [1.54, 1.807) is 41.3 Å². The molecule has 1 aliphatic heterocycles. The van der Waals surface area contributed by atoms with Crippen molar-refractivity contribution in [1.82, 2.24) is 9.80 Å². The summed E-state index contributed by atoms with van der Waals surface area (Å²) in [4.78, 5) is 27.9. The van der Waals surface area contributed by atoms with E-state index in [9.17, 15) is 9.59 Å². The first-order chi connectivity index (χ1) is 14.0. The van der Waals surface area contributed by atoms with Crippen molar-refractivity contribution in [3.63, 3.8) is 0 Å². The highest BCUT2D eigenvalue weighted by Crippen LogP contribution is 2.18. The van der Waals surface area contributed by atoms with Crippen LogP contribution in [0.3, 0.4) is 0 Å². The standard InChI is InChI=1S/C21H24ClN3O4/c22-16-5-7-17(8-6-16)28-14-13-24-9-11-25(12-10-24)20(26)15-29-19-4-2-1-3-18(19)21(23)27/h1-8H,9-15H2,(H2,23,27). The average Bonchev–Trinajstić information content (AvgIpc) is 2.74. The summed E-state index contributed by atoms with van der Waals surface area (Å²) < 4.78 is 11.2. The summed E-state index contributed by atoms with van der Waals surface area (Å²) in [5, 5.41) is 0.681. The van der Waals surface area contributed by atoms with Gasteiger partial charge in [-0.05, 0) is 36.4 Å². The van der Waals surface area contributed by atoms with Crippen LogP contribution in [0.5, 0.6) is 11.5 Å². The summed E-state index contributed by atoms with van der Waals surface area (Å²) in [6.45, 7) is 4.03. The topological polar surface area (TPSA) is 85.1 Å². The van der Waals surface area contributed by atoms with Gasteiger partial charge in [0, 0.05) is 37.7 Å². The fraction of sp³-hybridized carbons (Fsp3) is 0.333. The molecule has 154 valence electrons. The fourth-order valence-electron chi connectivity index (χ4n) is 3.07. The lowest BCUT2D eigenvalue weighted by Crippen LogP contribution is -2.50. The molecule has 1 heterocycles. The number of amides is 2. The van der Waals surface area contributed by atoms with Crippen molar-refractivity contribution in [2.24, 2.45) is 5.73 Å². The molecule has 2 N–H and O–H groups in total. The summed E-state index contributed by atoms with van der Waals surface area (Å²) in [7, 11) is 0. The first-order valence-electron chi connectivity index (χ1n) is 9.43. The molecule has 2 aromatic carbocycles. The van der Waals surface area contributed by atoms with Gasteiger partial charge in [0.1, 0.15) is 18.1 Å². The van der Waals surface area contributed by atoms with Gasteiger partial charge in [-0.2, -0.15) is 0 Å². The van der Waals surface area contributed by atoms with E-state index in [0.29, 0.717) is 30.5 Å². The van der Waals surface area contributed by atoms with Crippen molar-refractivity contribution in [1.29, 1.82) is 0 Å². The third-order valence-corrected chi connectivity index (χ3v) is 4.97. The van der Waals surface area contributed by atoms with Crippen LogP contribution < -0.4 is 15.2 Å². The molecular weight excluding hydrogens is 394 g/mol. The molecule has 29 heavy (non-hydrogen) atoms. The Kier molecular flexibility index (Phi) is 7.32. The Labute approximate surface area is 174 Å². The average molecular weight is 418 g/mol. The van der Waals surface area contributed by atoms with E-state index < -0.39 is 5.91 Å². The van der Waals surface area contributed by atoms with E-state index in [1.165, 1.54) is 0 Å². The lowest BCUT2D eigenvalue weighted by molar-refractivity contribution is -0.135. The molecule has 3 rings (SSSR count). The van der Waals surface area contributed by atoms with Crippen LogP contribution in [0.4, 0.5) is 0 Å². The third-order valence-electron chi connectivity index (χ3n) is 4.72. The number of carbonyl (C=O) groups excluding carboxylic acids is 2. The number of rotatable bonds is 8. The number of carbonyl (C=O) groups is 2. The van der Waals surface area contributed by atoms with Gasteiger partial charge in [-0.1, -0.05) is 23.7 Å². The predicted octanol–water partition coefficient (Wildman–Crippen LogP) is 2.04.